The molecule has 1 N–H and O–H groups in total. The fraction of sp³-hybridized carbons (Fsp3) is 0.545. The Morgan fingerprint density at radius 1 is 1.57 bits per heavy atom. The molecule has 0 aromatic carbocycles. The maximum Gasteiger partial charge on any atom is 0.328 e. The van der Waals surface area contributed by atoms with Gasteiger partial charge in [0.05, 0.1) is 0 Å². The van der Waals surface area contributed by atoms with Crippen LogP contribution in [-0.2, 0) is 4.79 Å². The molecule has 0 aromatic rings. The first-order valence-corrected chi connectivity index (χ1v) is 4.92. The highest BCUT2D eigenvalue weighted by Gasteiger charge is 2.17. The van der Waals surface area contributed by atoms with E-state index in [2.05, 4.69) is 18.7 Å². The number of allylic oxidation sites excluding steroid dienone is 2. The van der Waals surface area contributed by atoms with Crippen molar-refractivity contribution in [3.05, 3.63) is 23.8 Å². The van der Waals surface area contributed by atoms with E-state index in [0.29, 0.717) is 6.04 Å². The summed E-state index contributed by atoms with van der Waals surface area (Å²) in [4.78, 5) is 12.6. The Bertz CT molecular complexity index is 266. The van der Waals surface area contributed by atoms with E-state index in [0.717, 1.165) is 19.5 Å². The van der Waals surface area contributed by atoms with Crippen LogP contribution in [0.2, 0.25) is 0 Å². The molecule has 1 heterocycles. The highest BCUT2D eigenvalue weighted by Crippen LogP contribution is 2.17. The number of carboxylic acid groups (broad SMARTS) is 1. The second kappa shape index (κ2) is 4.96. The normalized spacial score (nSPS) is 21.5. The number of likely N-dealkylation sites (tertiary alicyclic amines) is 1. The van der Waals surface area contributed by atoms with Gasteiger partial charge in [0.25, 0.3) is 0 Å². The van der Waals surface area contributed by atoms with Gasteiger partial charge in [-0.15, -0.1) is 0 Å². The Balaban J connectivity index is 2.45. The number of nitrogens with zero attached hydrogens (tertiary/aromatic N) is 1. The van der Waals surface area contributed by atoms with Crippen LogP contribution in [0.4, 0.5) is 0 Å². The molecule has 0 unspecified atom stereocenters. The summed E-state index contributed by atoms with van der Waals surface area (Å²) in [6.45, 7) is 6.41. The molecule has 1 aliphatic rings. The largest absolute Gasteiger partial charge is 0.478 e. The van der Waals surface area contributed by atoms with Crippen LogP contribution in [0, 0.1) is 0 Å². The third-order valence-electron chi connectivity index (χ3n) is 2.43. The van der Waals surface area contributed by atoms with Crippen LogP contribution in [0.5, 0.6) is 0 Å². The van der Waals surface area contributed by atoms with Gasteiger partial charge in [0.1, 0.15) is 0 Å². The lowest BCUT2D eigenvalue weighted by Gasteiger charge is -2.18. The average molecular weight is 195 g/mol. The van der Waals surface area contributed by atoms with E-state index in [4.69, 9.17) is 5.11 Å². The van der Waals surface area contributed by atoms with Crippen LogP contribution in [-0.4, -0.2) is 35.1 Å². The van der Waals surface area contributed by atoms with Gasteiger partial charge in [-0.25, -0.2) is 4.79 Å². The SMILES string of the molecule is CC(C)N1CC/C(=C/C=C/C(=O)O)C1. The molecular formula is C11H17NO2. The zero-order chi connectivity index (χ0) is 10.6. The van der Waals surface area contributed by atoms with Crippen LogP contribution < -0.4 is 0 Å². The minimum atomic E-state index is -0.888. The Kier molecular flexibility index (Phi) is 3.89. The van der Waals surface area contributed by atoms with Gasteiger partial charge >= 0.3 is 5.97 Å². The summed E-state index contributed by atoms with van der Waals surface area (Å²) in [5.41, 5.74) is 1.32. The van der Waals surface area contributed by atoms with Gasteiger partial charge in [-0.1, -0.05) is 17.7 Å². The van der Waals surface area contributed by atoms with Crippen molar-refractivity contribution in [1.82, 2.24) is 4.90 Å². The summed E-state index contributed by atoms with van der Waals surface area (Å²) in [5, 5.41) is 8.40. The molecule has 0 saturated carbocycles. The summed E-state index contributed by atoms with van der Waals surface area (Å²) in [6, 6.07) is 0.573. The average Bonchev–Trinajstić information content (AvgIpc) is 2.52. The molecule has 0 atom stereocenters. The van der Waals surface area contributed by atoms with Gasteiger partial charge in [0, 0.05) is 25.2 Å². The number of aliphatic carboxylic acids is 1. The minimum absolute atomic E-state index is 0.573. The van der Waals surface area contributed by atoms with Crippen molar-refractivity contribution in [2.24, 2.45) is 0 Å². The van der Waals surface area contributed by atoms with Crippen LogP contribution >= 0.6 is 0 Å². The molecule has 1 rings (SSSR count). The molecule has 3 heteroatoms. The third-order valence-corrected chi connectivity index (χ3v) is 2.43. The highest BCUT2D eigenvalue weighted by molar-refractivity contribution is 5.80. The zero-order valence-corrected chi connectivity index (χ0v) is 8.73. The lowest BCUT2D eigenvalue weighted by molar-refractivity contribution is -0.131. The first-order valence-electron chi connectivity index (χ1n) is 4.92. The molecule has 1 saturated heterocycles. The number of hydrogen-bond donors (Lipinski definition) is 1. The van der Waals surface area contributed by atoms with Crippen molar-refractivity contribution in [2.75, 3.05) is 13.1 Å². The molecule has 78 valence electrons. The van der Waals surface area contributed by atoms with E-state index in [1.54, 1.807) is 6.08 Å². The maximum absolute atomic E-state index is 10.2. The molecule has 0 aromatic heterocycles. The summed E-state index contributed by atoms with van der Waals surface area (Å²) in [7, 11) is 0. The summed E-state index contributed by atoms with van der Waals surface area (Å²) in [5.74, 6) is -0.888. The van der Waals surface area contributed by atoms with E-state index in [-0.39, 0.29) is 0 Å². The van der Waals surface area contributed by atoms with Crippen molar-refractivity contribution in [2.45, 2.75) is 26.3 Å². The van der Waals surface area contributed by atoms with Crippen LogP contribution in [0.3, 0.4) is 0 Å². The summed E-state index contributed by atoms with van der Waals surface area (Å²) >= 11 is 0. The van der Waals surface area contributed by atoms with E-state index in [9.17, 15) is 4.79 Å². The fourth-order valence-corrected chi connectivity index (χ4v) is 1.55. The van der Waals surface area contributed by atoms with Gasteiger partial charge < -0.3 is 5.11 Å². The van der Waals surface area contributed by atoms with Gasteiger partial charge in [0.2, 0.25) is 0 Å². The molecule has 3 nitrogen and oxygen atoms in total. The van der Waals surface area contributed by atoms with E-state index in [1.807, 2.05) is 6.08 Å². The first kappa shape index (κ1) is 11.0. The zero-order valence-electron chi connectivity index (χ0n) is 8.73. The smallest absolute Gasteiger partial charge is 0.328 e. The molecule has 1 aliphatic heterocycles. The highest BCUT2D eigenvalue weighted by atomic mass is 16.4. The van der Waals surface area contributed by atoms with E-state index in [1.165, 1.54) is 11.6 Å². The van der Waals surface area contributed by atoms with Gasteiger partial charge in [-0.3, -0.25) is 4.90 Å². The predicted molar refractivity (Wildman–Crippen MR) is 56.2 cm³/mol. The van der Waals surface area contributed by atoms with Crippen molar-refractivity contribution in [1.29, 1.82) is 0 Å². The quantitative estimate of drug-likeness (QED) is 0.696. The minimum Gasteiger partial charge on any atom is -0.478 e. The van der Waals surface area contributed by atoms with Crippen LogP contribution in [0.15, 0.2) is 23.8 Å². The molecule has 0 aliphatic carbocycles. The lowest BCUT2D eigenvalue weighted by Crippen LogP contribution is -2.27. The third kappa shape index (κ3) is 3.34. The predicted octanol–water partition coefficient (Wildman–Crippen LogP) is 1.67. The Morgan fingerprint density at radius 3 is 2.79 bits per heavy atom. The molecule has 0 radical (unpaired) electrons. The molecule has 0 bridgehead atoms. The van der Waals surface area contributed by atoms with Gasteiger partial charge in [-0.05, 0) is 20.3 Å². The second-order valence-electron chi connectivity index (χ2n) is 3.84. The number of carbonyl (C=O) groups is 1. The maximum atomic E-state index is 10.2. The van der Waals surface area contributed by atoms with Crippen LogP contribution in [0.25, 0.3) is 0 Å². The lowest BCUT2D eigenvalue weighted by atomic mass is 10.2. The van der Waals surface area contributed by atoms with Crippen molar-refractivity contribution in [3.63, 3.8) is 0 Å². The number of rotatable bonds is 3. The molecule has 0 spiro atoms. The van der Waals surface area contributed by atoms with Crippen LogP contribution in [0.1, 0.15) is 20.3 Å². The fourth-order valence-electron chi connectivity index (χ4n) is 1.55. The van der Waals surface area contributed by atoms with Gasteiger partial charge in [-0.2, -0.15) is 0 Å². The Hall–Kier alpha value is -1.09. The number of hydrogen-bond acceptors (Lipinski definition) is 2. The number of carboxylic acids is 1. The topological polar surface area (TPSA) is 40.5 Å². The molecular weight excluding hydrogens is 178 g/mol. The Morgan fingerprint density at radius 2 is 2.29 bits per heavy atom. The second-order valence-corrected chi connectivity index (χ2v) is 3.84. The monoisotopic (exact) mass is 195 g/mol. The van der Waals surface area contributed by atoms with Crippen molar-refractivity contribution < 1.29 is 9.90 Å². The summed E-state index contributed by atoms with van der Waals surface area (Å²) in [6.07, 6.45) is 5.76. The molecule has 14 heavy (non-hydrogen) atoms. The van der Waals surface area contributed by atoms with E-state index < -0.39 is 5.97 Å². The van der Waals surface area contributed by atoms with E-state index >= 15 is 0 Å². The Labute approximate surface area is 84.7 Å². The first-order chi connectivity index (χ1) is 6.59. The van der Waals surface area contributed by atoms with Gasteiger partial charge in [0.15, 0.2) is 0 Å². The van der Waals surface area contributed by atoms with Crippen molar-refractivity contribution in [3.8, 4) is 0 Å². The molecule has 1 fully saturated rings. The summed E-state index contributed by atoms with van der Waals surface area (Å²) < 4.78 is 0. The van der Waals surface area contributed by atoms with Crippen molar-refractivity contribution >= 4 is 5.97 Å². The molecule has 0 amide bonds. The standard InChI is InChI=1S/C11H17NO2/c1-9(2)12-7-6-10(8-12)4-3-5-11(13)14/h3-5,9H,6-8H2,1-2H3,(H,13,14)/b5-3+,10-4-.